The summed E-state index contributed by atoms with van der Waals surface area (Å²) in [7, 11) is 0. The van der Waals surface area contributed by atoms with Gasteiger partial charge in [0.2, 0.25) is 0 Å². The van der Waals surface area contributed by atoms with Crippen LogP contribution >= 0.6 is 11.8 Å². The third-order valence-electron chi connectivity index (χ3n) is 4.52. The van der Waals surface area contributed by atoms with E-state index in [0.717, 1.165) is 26.9 Å². The monoisotopic (exact) mass is 395 g/mol. The van der Waals surface area contributed by atoms with E-state index in [9.17, 15) is 14.9 Å². The molecule has 0 atom stereocenters. The molecule has 0 N–H and O–H groups in total. The molecule has 1 aromatic heterocycles. The lowest BCUT2D eigenvalue weighted by Gasteiger charge is -2.30. The Morgan fingerprint density at radius 3 is 2.25 bits per heavy atom. The van der Waals surface area contributed by atoms with Crippen LogP contribution in [0.1, 0.15) is 5.69 Å². The number of rotatable bonds is 4. The number of aryl methyl sites for hydroxylation is 1. The molecular formula is C20H17N3O4S. The molecule has 1 aliphatic heterocycles. The van der Waals surface area contributed by atoms with E-state index in [0.29, 0.717) is 0 Å². The highest BCUT2D eigenvalue weighted by atomic mass is 32.2. The quantitative estimate of drug-likeness (QED) is 0.451. The van der Waals surface area contributed by atoms with Crippen molar-refractivity contribution in [2.45, 2.75) is 23.3 Å². The van der Waals surface area contributed by atoms with Crippen LogP contribution in [0.25, 0.3) is 0 Å². The molecule has 7 nitrogen and oxygen atoms in total. The number of ether oxygens (including phenoxy) is 1. The van der Waals surface area contributed by atoms with Crippen LogP contribution in [0.4, 0.5) is 22.0 Å². The van der Waals surface area contributed by atoms with Crippen molar-refractivity contribution in [1.29, 1.82) is 0 Å². The third-order valence-corrected chi connectivity index (χ3v) is 5.65. The molecule has 0 spiro atoms. The predicted molar refractivity (Wildman–Crippen MR) is 106 cm³/mol. The van der Waals surface area contributed by atoms with Gasteiger partial charge in [-0.05, 0) is 42.2 Å². The molecule has 2 heterocycles. The Kier molecular flexibility index (Phi) is 4.79. The zero-order valence-corrected chi connectivity index (χ0v) is 15.9. The second-order valence-electron chi connectivity index (χ2n) is 6.23. The maximum Gasteiger partial charge on any atom is 0.419 e. The fourth-order valence-electron chi connectivity index (χ4n) is 3.20. The van der Waals surface area contributed by atoms with Crippen molar-refractivity contribution in [2.75, 3.05) is 11.5 Å². The average Bonchev–Trinajstić information content (AvgIpc) is 3.06. The van der Waals surface area contributed by atoms with Gasteiger partial charge in [-0.25, -0.2) is 14.3 Å². The molecule has 142 valence electrons. The van der Waals surface area contributed by atoms with E-state index in [1.165, 1.54) is 10.6 Å². The predicted octanol–water partition coefficient (Wildman–Crippen LogP) is 5.14. The van der Waals surface area contributed by atoms with Crippen molar-refractivity contribution in [3.63, 3.8) is 0 Å². The zero-order chi connectivity index (χ0) is 19.7. The number of carbonyl (C=O) groups excluding carboxylic acids is 1. The summed E-state index contributed by atoms with van der Waals surface area (Å²) in [5.74, 6) is -0.0152. The Morgan fingerprint density at radius 2 is 1.64 bits per heavy atom. The number of para-hydroxylation sites is 2. The lowest BCUT2D eigenvalue weighted by molar-refractivity contribution is -0.392. The van der Waals surface area contributed by atoms with Crippen molar-refractivity contribution in [1.82, 2.24) is 4.57 Å². The molecule has 4 rings (SSSR count). The molecule has 0 unspecified atom stereocenters. The Morgan fingerprint density at radius 1 is 1.04 bits per heavy atom. The molecule has 3 aromatic rings. The summed E-state index contributed by atoms with van der Waals surface area (Å²) in [6.07, 6.45) is -0.507. The van der Waals surface area contributed by atoms with E-state index in [-0.39, 0.29) is 19.0 Å². The van der Waals surface area contributed by atoms with E-state index in [1.54, 1.807) is 29.7 Å². The average molecular weight is 395 g/mol. The van der Waals surface area contributed by atoms with Gasteiger partial charge in [-0.15, -0.1) is 0 Å². The van der Waals surface area contributed by atoms with Gasteiger partial charge in [0.25, 0.3) is 0 Å². The Labute approximate surface area is 165 Å². The summed E-state index contributed by atoms with van der Waals surface area (Å²) >= 11 is 1.60. The van der Waals surface area contributed by atoms with Crippen LogP contribution in [0.2, 0.25) is 0 Å². The van der Waals surface area contributed by atoms with Gasteiger partial charge in [0.1, 0.15) is 18.8 Å². The molecule has 1 aliphatic rings. The lowest BCUT2D eigenvalue weighted by atomic mass is 10.2. The smallest absolute Gasteiger partial charge is 0.419 e. The summed E-state index contributed by atoms with van der Waals surface area (Å²) in [4.78, 5) is 27.1. The molecule has 0 bridgehead atoms. The summed E-state index contributed by atoms with van der Waals surface area (Å²) in [6, 6.07) is 18.4. The summed E-state index contributed by atoms with van der Waals surface area (Å²) in [5, 5.41) is 11.1. The van der Waals surface area contributed by atoms with Gasteiger partial charge in [0.15, 0.2) is 0 Å². The number of benzene rings is 2. The van der Waals surface area contributed by atoms with Crippen LogP contribution in [0.5, 0.6) is 0 Å². The summed E-state index contributed by atoms with van der Waals surface area (Å²) in [5.41, 5.74) is 2.27. The molecule has 0 aliphatic carbocycles. The lowest BCUT2D eigenvalue weighted by Crippen LogP contribution is -2.30. The number of carbonyl (C=O) groups is 1. The normalized spacial score (nSPS) is 12.2. The Bertz CT molecular complexity index is 1020. The largest absolute Gasteiger partial charge is 0.445 e. The van der Waals surface area contributed by atoms with Gasteiger partial charge in [-0.1, -0.05) is 36.0 Å². The number of nitro groups is 1. The Balaban J connectivity index is 1.55. The number of amides is 1. The van der Waals surface area contributed by atoms with Crippen molar-refractivity contribution in [3.05, 3.63) is 76.5 Å². The van der Waals surface area contributed by atoms with Crippen LogP contribution < -0.4 is 4.90 Å². The number of nitrogens with zero attached hydrogens (tertiary/aromatic N) is 3. The zero-order valence-electron chi connectivity index (χ0n) is 15.1. The highest BCUT2D eigenvalue weighted by Gasteiger charge is 2.29. The summed E-state index contributed by atoms with van der Waals surface area (Å²) in [6.45, 7) is 2.03. The summed E-state index contributed by atoms with van der Waals surface area (Å²) < 4.78 is 7.02. The molecule has 0 saturated heterocycles. The van der Waals surface area contributed by atoms with E-state index < -0.39 is 11.0 Å². The van der Waals surface area contributed by atoms with E-state index in [4.69, 9.17) is 4.74 Å². The number of anilines is 2. The number of fused-ring (bicyclic) bond motifs is 2. The molecule has 1 amide bonds. The van der Waals surface area contributed by atoms with Crippen molar-refractivity contribution >= 4 is 35.0 Å². The minimum absolute atomic E-state index is 0.0152. The molecule has 8 heteroatoms. The maximum absolute atomic E-state index is 12.9. The molecule has 28 heavy (non-hydrogen) atoms. The van der Waals surface area contributed by atoms with Crippen LogP contribution in [0, 0.1) is 17.0 Å². The van der Waals surface area contributed by atoms with Crippen molar-refractivity contribution < 1.29 is 14.5 Å². The first-order chi connectivity index (χ1) is 13.6. The molecule has 0 saturated carbocycles. The number of aromatic nitrogens is 1. The fraction of sp³-hybridized carbons (Fsp3) is 0.150. The molecule has 0 fully saturated rings. The Hall–Kier alpha value is -3.26. The first kappa shape index (κ1) is 18.1. The third kappa shape index (κ3) is 3.22. The van der Waals surface area contributed by atoms with Gasteiger partial charge >= 0.3 is 11.9 Å². The fourth-order valence-corrected chi connectivity index (χ4v) is 4.25. The minimum atomic E-state index is -0.507. The number of hydrogen-bond donors (Lipinski definition) is 0. The molecule has 2 aromatic carbocycles. The SMILES string of the molecule is Cc1ccc([N+](=O)[O-])n1CCOC(=O)N1c2ccccc2Sc2ccccc21. The highest BCUT2D eigenvalue weighted by Crippen LogP contribution is 2.48. The van der Waals surface area contributed by atoms with Crippen molar-refractivity contribution in [3.8, 4) is 0 Å². The van der Waals surface area contributed by atoms with Gasteiger partial charge < -0.3 is 14.9 Å². The second-order valence-corrected chi connectivity index (χ2v) is 7.31. The van der Waals surface area contributed by atoms with Gasteiger partial charge in [-0.3, -0.25) is 0 Å². The van der Waals surface area contributed by atoms with Gasteiger partial charge in [0.05, 0.1) is 11.4 Å². The molecule has 0 radical (unpaired) electrons. The van der Waals surface area contributed by atoms with Crippen LogP contribution in [0.3, 0.4) is 0 Å². The van der Waals surface area contributed by atoms with Gasteiger partial charge in [0, 0.05) is 15.9 Å². The molecular weight excluding hydrogens is 378 g/mol. The first-order valence-electron chi connectivity index (χ1n) is 8.69. The topological polar surface area (TPSA) is 77.6 Å². The van der Waals surface area contributed by atoms with Gasteiger partial charge in [-0.2, -0.15) is 0 Å². The van der Waals surface area contributed by atoms with E-state index in [2.05, 4.69) is 0 Å². The second kappa shape index (κ2) is 7.40. The van der Waals surface area contributed by atoms with Crippen molar-refractivity contribution in [2.24, 2.45) is 0 Å². The van der Waals surface area contributed by atoms with Crippen LogP contribution in [-0.4, -0.2) is 22.2 Å². The van der Waals surface area contributed by atoms with Crippen LogP contribution in [0.15, 0.2) is 70.5 Å². The van der Waals surface area contributed by atoms with Crippen LogP contribution in [-0.2, 0) is 11.3 Å². The maximum atomic E-state index is 12.9. The number of hydrogen-bond acceptors (Lipinski definition) is 5. The first-order valence-corrected chi connectivity index (χ1v) is 9.51. The minimum Gasteiger partial charge on any atom is -0.445 e. The van der Waals surface area contributed by atoms with E-state index >= 15 is 0 Å². The highest BCUT2D eigenvalue weighted by molar-refractivity contribution is 7.99. The standard InChI is InChI=1S/C20H17N3O4S/c1-14-10-11-19(23(25)26)21(14)12-13-27-20(24)22-15-6-2-4-8-17(15)28-18-9-5-3-7-16(18)22/h2-11H,12-13H2,1H3. The van der Waals surface area contributed by atoms with E-state index in [1.807, 2.05) is 48.5 Å².